The van der Waals surface area contributed by atoms with Crippen LogP contribution < -0.4 is 10.5 Å². The number of ether oxygens (including phenoxy) is 1. The van der Waals surface area contributed by atoms with Gasteiger partial charge in [-0.25, -0.2) is 4.79 Å². The summed E-state index contributed by atoms with van der Waals surface area (Å²) in [5, 5.41) is 9.43. The summed E-state index contributed by atoms with van der Waals surface area (Å²) in [5.41, 5.74) is 6.74. The van der Waals surface area contributed by atoms with Crippen LogP contribution in [0, 0.1) is 0 Å². The van der Waals surface area contributed by atoms with Crippen LogP contribution in [-0.2, 0) is 11.2 Å². The molecule has 1 aromatic rings. The predicted octanol–water partition coefficient (Wildman–Crippen LogP) is 2.47. The molecule has 0 saturated heterocycles. The third-order valence-electron chi connectivity index (χ3n) is 2.68. The van der Waals surface area contributed by atoms with E-state index >= 15 is 0 Å². The van der Waals surface area contributed by atoms with Crippen molar-refractivity contribution < 1.29 is 14.6 Å². The number of aliphatic carboxylic acids is 1. The summed E-state index contributed by atoms with van der Waals surface area (Å²) >= 11 is 5.93. The van der Waals surface area contributed by atoms with E-state index in [9.17, 15) is 4.79 Å². The van der Waals surface area contributed by atoms with Crippen molar-refractivity contribution in [2.24, 2.45) is 5.73 Å². The molecule has 0 aromatic heterocycles. The highest BCUT2D eigenvalue weighted by Gasteiger charge is 2.16. The zero-order chi connectivity index (χ0) is 13.7. The van der Waals surface area contributed by atoms with Gasteiger partial charge in [-0.1, -0.05) is 18.5 Å². The number of carboxylic acid groups (broad SMARTS) is 1. The SMILES string of the molecule is CCC(N)Cc1cc(Cl)ccc1OC(C)C(=O)O. The number of hydrogen-bond acceptors (Lipinski definition) is 3. The van der Waals surface area contributed by atoms with E-state index in [4.69, 9.17) is 27.2 Å². The molecule has 4 nitrogen and oxygen atoms in total. The van der Waals surface area contributed by atoms with E-state index < -0.39 is 12.1 Å². The fourth-order valence-electron chi connectivity index (χ4n) is 1.49. The maximum atomic E-state index is 10.8. The summed E-state index contributed by atoms with van der Waals surface area (Å²) in [5.74, 6) is -0.478. The van der Waals surface area contributed by atoms with E-state index in [0.717, 1.165) is 12.0 Å². The lowest BCUT2D eigenvalue weighted by Gasteiger charge is -2.16. The van der Waals surface area contributed by atoms with Gasteiger partial charge in [-0.15, -0.1) is 0 Å². The highest BCUT2D eigenvalue weighted by Crippen LogP contribution is 2.25. The summed E-state index contributed by atoms with van der Waals surface area (Å²) in [4.78, 5) is 10.8. The van der Waals surface area contributed by atoms with Crippen molar-refractivity contribution in [3.8, 4) is 5.75 Å². The van der Waals surface area contributed by atoms with E-state index in [-0.39, 0.29) is 6.04 Å². The molecule has 0 bridgehead atoms. The zero-order valence-electron chi connectivity index (χ0n) is 10.5. The van der Waals surface area contributed by atoms with Gasteiger partial charge in [0.1, 0.15) is 5.75 Å². The van der Waals surface area contributed by atoms with Crippen molar-refractivity contribution in [3.05, 3.63) is 28.8 Å². The molecular formula is C13H18ClNO3. The van der Waals surface area contributed by atoms with Crippen LogP contribution in [0.4, 0.5) is 0 Å². The molecule has 1 aromatic carbocycles. The van der Waals surface area contributed by atoms with Gasteiger partial charge < -0.3 is 15.6 Å². The van der Waals surface area contributed by atoms with Crippen LogP contribution in [0.5, 0.6) is 5.75 Å². The average Bonchev–Trinajstić information content (AvgIpc) is 2.32. The van der Waals surface area contributed by atoms with Crippen molar-refractivity contribution in [1.29, 1.82) is 0 Å². The van der Waals surface area contributed by atoms with Gasteiger partial charge in [-0.3, -0.25) is 0 Å². The van der Waals surface area contributed by atoms with Crippen LogP contribution in [0.3, 0.4) is 0 Å². The molecule has 3 N–H and O–H groups in total. The molecule has 0 saturated carbocycles. The summed E-state index contributed by atoms with van der Waals surface area (Å²) in [7, 11) is 0. The van der Waals surface area contributed by atoms with Gasteiger partial charge in [0.2, 0.25) is 0 Å². The molecule has 0 aliphatic rings. The van der Waals surface area contributed by atoms with Gasteiger partial charge in [0, 0.05) is 11.1 Å². The maximum Gasteiger partial charge on any atom is 0.344 e. The first kappa shape index (κ1) is 14.8. The third kappa shape index (κ3) is 4.20. The standard InChI is InChI=1S/C13H18ClNO3/c1-3-11(15)7-9-6-10(14)4-5-12(9)18-8(2)13(16)17/h4-6,8,11H,3,7,15H2,1-2H3,(H,16,17). The van der Waals surface area contributed by atoms with Crippen LogP contribution in [0.15, 0.2) is 18.2 Å². The van der Waals surface area contributed by atoms with Gasteiger partial charge in [-0.2, -0.15) is 0 Å². The average molecular weight is 272 g/mol. The minimum atomic E-state index is -1.00. The molecule has 0 radical (unpaired) electrons. The number of rotatable bonds is 6. The summed E-state index contributed by atoms with van der Waals surface area (Å²) in [6, 6.07) is 5.12. The van der Waals surface area contributed by atoms with E-state index in [0.29, 0.717) is 17.2 Å². The van der Waals surface area contributed by atoms with E-state index in [1.807, 2.05) is 6.92 Å². The number of halogens is 1. The second-order valence-corrected chi connectivity index (χ2v) is 4.66. The van der Waals surface area contributed by atoms with Crippen LogP contribution in [-0.4, -0.2) is 23.2 Å². The van der Waals surface area contributed by atoms with Gasteiger partial charge >= 0.3 is 5.97 Å². The first-order chi connectivity index (χ1) is 8.43. The molecule has 0 spiro atoms. The summed E-state index contributed by atoms with van der Waals surface area (Å²) in [6.07, 6.45) is 0.543. The van der Waals surface area contributed by atoms with E-state index in [2.05, 4.69) is 0 Å². The quantitative estimate of drug-likeness (QED) is 0.834. The Hall–Kier alpha value is -1.26. The Morgan fingerprint density at radius 1 is 1.56 bits per heavy atom. The molecule has 0 amide bonds. The van der Waals surface area contributed by atoms with E-state index in [1.54, 1.807) is 18.2 Å². The van der Waals surface area contributed by atoms with Crippen molar-refractivity contribution >= 4 is 17.6 Å². The monoisotopic (exact) mass is 271 g/mol. The Morgan fingerprint density at radius 3 is 2.78 bits per heavy atom. The first-order valence-corrected chi connectivity index (χ1v) is 6.25. The van der Waals surface area contributed by atoms with Gasteiger partial charge in [0.25, 0.3) is 0 Å². The molecule has 0 aliphatic carbocycles. The topological polar surface area (TPSA) is 72.5 Å². The largest absolute Gasteiger partial charge is 0.479 e. The molecular weight excluding hydrogens is 254 g/mol. The molecule has 2 unspecified atom stereocenters. The Balaban J connectivity index is 2.92. The minimum Gasteiger partial charge on any atom is -0.479 e. The number of nitrogens with two attached hydrogens (primary N) is 1. The lowest BCUT2D eigenvalue weighted by Crippen LogP contribution is -2.25. The lowest BCUT2D eigenvalue weighted by atomic mass is 10.0. The Labute approximate surface area is 112 Å². The van der Waals surface area contributed by atoms with Crippen LogP contribution in [0.1, 0.15) is 25.8 Å². The predicted molar refractivity (Wildman–Crippen MR) is 71.1 cm³/mol. The van der Waals surface area contributed by atoms with E-state index in [1.165, 1.54) is 6.92 Å². The van der Waals surface area contributed by atoms with Crippen LogP contribution in [0.2, 0.25) is 5.02 Å². The summed E-state index contributed by atoms with van der Waals surface area (Å²) < 4.78 is 5.39. The molecule has 2 atom stereocenters. The highest BCUT2D eigenvalue weighted by molar-refractivity contribution is 6.30. The number of carbonyl (C=O) groups is 1. The Morgan fingerprint density at radius 2 is 2.22 bits per heavy atom. The molecule has 0 aliphatic heterocycles. The maximum absolute atomic E-state index is 10.8. The van der Waals surface area contributed by atoms with Crippen LogP contribution >= 0.6 is 11.6 Å². The fourth-order valence-corrected chi connectivity index (χ4v) is 1.68. The normalized spacial score (nSPS) is 14.0. The molecule has 18 heavy (non-hydrogen) atoms. The van der Waals surface area contributed by atoms with Gasteiger partial charge in [-0.05, 0) is 43.5 Å². The van der Waals surface area contributed by atoms with Crippen molar-refractivity contribution in [3.63, 3.8) is 0 Å². The first-order valence-electron chi connectivity index (χ1n) is 5.87. The summed E-state index contributed by atoms with van der Waals surface area (Å²) in [6.45, 7) is 3.48. The lowest BCUT2D eigenvalue weighted by molar-refractivity contribution is -0.144. The molecule has 100 valence electrons. The number of carboxylic acids is 1. The highest BCUT2D eigenvalue weighted by atomic mass is 35.5. The molecule has 0 heterocycles. The molecule has 1 rings (SSSR count). The third-order valence-corrected chi connectivity index (χ3v) is 2.92. The fraction of sp³-hybridized carbons (Fsp3) is 0.462. The van der Waals surface area contributed by atoms with Crippen LogP contribution in [0.25, 0.3) is 0 Å². The zero-order valence-corrected chi connectivity index (χ0v) is 11.3. The molecule has 5 heteroatoms. The number of benzene rings is 1. The Bertz CT molecular complexity index is 423. The molecule has 0 fully saturated rings. The second kappa shape index (κ2) is 6.61. The minimum absolute atomic E-state index is 0.00551. The van der Waals surface area contributed by atoms with Crippen molar-refractivity contribution in [1.82, 2.24) is 0 Å². The van der Waals surface area contributed by atoms with Crippen molar-refractivity contribution in [2.45, 2.75) is 38.8 Å². The van der Waals surface area contributed by atoms with Gasteiger partial charge in [0.05, 0.1) is 0 Å². The van der Waals surface area contributed by atoms with Crippen molar-refractivity contribution in [2.75, 3.05) is 0 Å². The number of hydrogen-bond donors (Lipinski definition) is 2. The second-order valence-electron chi connectivity index (χ2n) is 4.22. The Kier molecular flexibility index (Phi) is 5.44. The smallest absolute Gasteiger partial charge is 0.344 e. The van der Waals surface area contributed by atoms with Gasteiger partial charge in [0.15, 0.2) is 6.10 Å².